The van der Waals surface area contributed by atoms with Crippen molar-refractivity contribution >= 4 is 5.91 Å². The monoisotopic (exact) mass is 450 g/mol. The fourth-order valence-electron chi connectivity index (χ4n) is 3.65. The largest absolute Gasteiger partial charge is 0.416 e. The van der Waals surface area contributed by atoms with Gasteiger partial charge in [0.25, 0.3) is 5.91 Å². The lowest BCUT2D eigenvalue weighted by molar-refractivity contribution is 0.0951. The van der Waals surface area contributed by atoms with Gasteiger partial charge in [0.1, 0.15) is 12.7 Å². The molecule has 168 valence electrons. The highest BCUT2D eigenvalue weighted by molar-refractivity contribution is 5.94. The SMILES string of the molecule is Cc1cccc(-c2nnc(-c3ccc(C(=O)NCc4ccccc4Cn4cncn4)cc3)o2)c1. The van der Waals surface area contributed by atoms with E-state index in [0.29, 0.717) is 30.4 Å². The molecule has 0 spiro atoms. The van der Waals surface area contributed by atoms with Crippen LogP contribution in [-0.4, -0.2) is 30.9 Å². The molecule has 5 rings (SSSR count). The summed E-state index contributed by atoms with van der Waals surface area (Å²) in [6.45, 7) is 3.02. The summed E-state index contributed by atoms with van der Waals surface area (Å²) >= 11 is 0. The molecule has 1 N–H and O–H groups in total. The van der Waals surface area contributed by atoms with E-state index in [2.05, 4.69) is 25.6 Å². The zero-order valence-corrected chi connectivity index (χ0v) is 18.5. The van der Waals surface area contributed by atoms with E-state index in [4.69, 9.17) is 4.42 Å². The molecule has 0 radical (unpaired) electrons. The molecule has 0 unspecified atom stereocenters. The van der Waals surface area contributed by atoms with Gasteiger partial charge in [0, 0.05) is 23.2 Å². The van der Waals surface area contributed by atoms with Crippen LogP contribution < -0.4 is 5.32 Å². The molecular weight excluding hydrogens is 428 g/mol. The molecule has 1 amide bonds. The summed E-state index contributed by atoms with van der Waals surface area (Å²) < 4.78 is 7.59. The van der Waals surface area contributed by atoms with Crippen molar-refractivity contribution in [3.05, 3.63) is 108 Å². The first-order valence-corrected chi connectivity index (χ1v) is 10.8. The lowest BCUT2D eigenvalue weighted by Gasteiger charge is -2.11. The molecule has 0 aliphatic carbocycles. The summed E-state index contributed by atoms with van der Waals surface area (Å²) in [5.74, 6) is 0.712. The van der Waals surface area contributed by atoms with Crippen LogP contribution in [0.4, 0.5) is 0 Å². The number of carbonyl (C=O) groups excluding carboxylic acids is 1. The maximum absolute atomic E-state index is 12.7. The molecule has 0 saturated heterocycles. The minimum Gasteiger partial charge on any atom is -0.416 e. The van der Waals surface area contributed by atoms with Crippen LogP contribution in [0.3, 0.4) is 0 Å². The fourth-order valence-corrected chi connectivity index (χ4v) is 3.65. The molecule has 0 atom stereocenters. The maximum atomic E-state index is 12.7. The van der Waals surface area contributed by atoms with E-state index in [-0.39, 0.29) is 5.91 Å². The molecule has 2 aromatic heterocycles. The summed E-state index contributed by atoms with van der Waals surface area (Å²) in [5.41, 5.74) is 5.39. The summed E-state index contributed by atoms with van der Waals surface area (Å²) in [5, 5.41) is 15.4. The molecule has 0 bridgehead atoms. The smallest absolute Gasteiger partial charge is 0.251 e. The van der Waals surface area contributed by atoms with Gasteiger partial charge in [0.05, 0.1) is 6.54 Å². The minimum absolute atomic E-state index is 0.159. The van der Waals surface area contributed by atoms with E-state index in [0.717, 1.165) is 27.8 Å². The van der Waals surface area contributed by atoms with Crippen molar-refractivity contribution in [2.24, 2.45) is 0 Å². The molecule has 8 heteroatoms. The Balaban J connectivity index is 1.25. The van der Waals surface area contributed by atoms with E-state index < -0.39 is 0 Å². The van der Waals surface area contributed by atoms with E-state index in [1.807, 2.05) is 55.5 Å². The van der Waals surface area contributed by atoms with Crippen LogP contribution in [0.2, 0.25) is 0 Å². The first-order valence-electron chi connectivity index (χ1n) is 10.8. The highest BCUT2D eigenvalue weighted by Crippen LogP contribution is 2.24. The van der Waals surface area contributed by atoms with Crippen LogP contribution in [0.5, 0.6) is 0 Å². The van der Waals surface area contributed by atoms with Crippen LogP contribution in [0.25, 0.3) is 22.9 Å². The summed E-state index contributed by atoms with van der Waals surface area (Å²) in [4.78, 5) is 16.7. The zero-order valence-electron chi connectivity index (χ0n) is 18.5. The number of nitrogens with one attached hydrogen (secondary N) is 1. The van der Waals surface area contributed by atoms with Gasteiger partial charge in [0.15, 0.2) is 0 Å². The number of nitrogens with zero attached hydrogens (tertiary/aromatic N) is 5. The Morgan fingerprint density at radius 1 is 0.912 bits per heavy atom. The van der Waals surface area contributed by atoms with Crippen LogP contribution in [-0.2, 0) is 13.1 Å². The van der Waals surface area contributed by atoms with E-state index in [9.17, 15) is 4.79 Å². The predicted octanol–water partition coefficient (Wildman–Crippen LogP) is 4.28. The van der Waals surface area contributed by atoms with Gasteiger partial charge < -0.3 is 9.73 Å². The summed E-state index contributed by atoms with van der Waals surface area (Å²) in [7, 11) is 0. The third-order valence-electron chi connectivity index (χ3n) is 5.44. The Labute approximate surface area is 196 Å². The second-order valence-electron chi connectivity index (χ2n) is 7.90. The van der Waals surface area contributed by atoms with Crippen molar-refractivity contribution in [3.8, 4) is 22.9 Å². The maximum Gasteiger partial charge on any atom is 0.251 e. The van der Waals surface area contributed by atoms with Gasteiger partial charge in [-0.3, -0.25) is 4.79 Å². The first-order chi connectivity index (χ1) is 16.7. The Kier molecular flexibility index (Phi) is 5.94. The lowest BCUT2D eigenvalue weighted by Crippen LogP contribution is -2.23. The van der Waals surface area contributed by atoms with Crippen molar-refractivity contribution in [1.82, 2.24) is 30.3 Å². The number of hydrogen-bond donors (Lipinski definition) is 1. The van der Waals surface area contributed by atoms with Gasteiger partial charge in [-0.05, 0) is 54.4 Å². The highest BCUT2D eigenvalue weighted by atomic mass is 16.4. The predicted molar refractivity (Wildman–Crippen MR) is 127 cm³/mol. The molecule has 8 nitrogen and oxygen atoms in total. The van der Waals surface area contributed by atoms with Crippen LogP contribution in [0, 0.1) is 6.92 Å². The Bertz CT molecular complexity index is 1410. The van der Waals surface area contributed by atoms with Crippen LogP contribution in [0.1, 0.15) is 27.0 Å². The molecule has 34 heavy (non-hydrogen) atoms. The van der Waals surface area contributed by atoms with Gasteiger partial charge in [-0.2, -0.15) is 5.10 Å². The standard InChI is InChI=1S/C26H22N6O2/c1-18-5-4-8-21(13-18)26-31-30-25(34-26)20-11-9-19(10-12-20)24(33)28-14-22-6-2-3-7-23(22)15-32-17-27-16-29-32/h2-13,16-17H,14-15H2,1H3,(H,28,33). The Morgan fingerprint density at radius 3 is 2.41 bits per heavy atom. The van der Waals surface area contributed by atoms with Gasteiger partial charge in [-0.25, -0.2) is 9.67 Å². The van der Waals surface area contributed by atoms with Crippen molar-refractivity contribution < 1.29 is 9.21 Å². The van der Waals surface area contributed by atoms with Crippen LogP contribution in [0.15, 0.2) is 89.9 Å². The zero-order chi connectivity index (χ0) is 23.3. The second kappa shape index (κ2) is 9.50. The highest BCUT2D eigenvalue weighted by Gasteiger charge is 2.12. The van der Waals surface area contributed by atoms with E-state index in [1.54, 1.807) is 35.3 Å². The minimum atomic E-state index is -0.159. The Morgan fingerprint density at radius 2 is 1.68 bits per heavy atom. The number of benzene rings is 3. The number of carbonyl (C=O) groups is 1. The number of hydrogen-bond acceptors (Lipinski definition) is 6. The van der Waals surface area contributed by atoms with Crippen molar-refractivity contribution in [2.45, 2.75) is 20.0 Å². The number of amides is 1. The molecular formula is C26H22N6O2. The van der Waals surface area contributed by atoms with Gasteiger partial charge >= 0.3 is 0 Å². The van der Waals surface area contributed by atoms with E-state index in [1.165, 1.54) is 6.33 Å². The van der Waals surface area contributed by atoms with Gasteiger partial charge in [-0.1, -0.05) is 42.0 Å². The lowest BCUT2D eigenvalue weighted by atomic mass is 10.1. The quantitative estimate of drug-likeness (QED) is 0.397. The van der Waals surface area contributed by atoms with Crippen molar-refractivity contribution in [1.29, 1.82) is 0 Å². The fraction of sp³-hybridized carbons (Fsp3) is 0.115. The summed E-state index contributed by atoms with van der Waals surface area (Å²) in [6, 6.07) is 23.0. The first kappa shape index (κ1) is 21.3. The summed E-state index contributed by atoms with van der Waals surface area (Å²) in [6.07, 6.45) is 3.18. The van der Waals surface area contributed by atoms with Crippen molar-refractivity contribution in [2.75, 3.05) is 0 Å². The average Bonchev–Trinajstić information content (AvgIpc) is 3.56. The second-order valence-corrected chi connectivity index (χ2v) is 7.90. The molecule has 5 aromatic rings. The van der Waals surface area contributed by atoms with Gasteiger partial charge in [0.2, 0.25) is 11.8 Å². The average molecular weight is 451 g/mol. The number of aryl methyl sites for hydroxylation is 1. The molecule has 0 aliphatic rings. The van der Waals surface area contributed by atoms with Crippen LogP contribution >= 0.6 is 0 Å². The molecule has 0 saturated carbocycles. The number of aromatic nitrogens is 5. The molecule has 3 aromatic carbocycles. The third-order valence-corrected chi connectivity index (χ3v) is 5.44. The molecule has 0 aliphatic heterocycles. The topological polar surface area (TPSA) is 98.7 Å². The van der Waals surface area contributed by atoms with E-state index >= 15 is 0 Å². The number of rotatable bonds is 7. The van der Waals surface area contributed by atoms with Crippen molar-refractivity contribution in [3.63, 3.8) is 0 Å². The van der Waals surface area contributed by atoms with Gasteiger partial charge in [-0.15, -0.1) is 10.2 Å². The normalized spacial score (nSPS) is 10.9. The Hall–Kier alpha value is -4.59. The third kappa shape index (κ3) is 4.75. The molecule has 0 fully saturated rings. The molecule has 2 heterocycles.